The highest BCUT2D eigenvalue weighted by Gasteiger charge is 2.24. The number of carbonyl (C=O) groups is 2. The van der Waals surface area contributed by atoms with Gasteiger partial charge in [0.2, 0.25) is 5.91 Å². The van der Waals surface area contributed by atoms with Crippen LogP contribution in [0.4, 0.5) is 0 Å². The molecule has 1 amide bonds. The number of amides is 1. The summed E-state index contributed by atoms with van der Waals surface area (Å²) in [6.45, 7) is 4.70. The first-order valence-electron chi connectivity index (χ1n) is 5.50. The first-order chi connectivity index (χ1) is 7.93. The number of aliphatic carboxylic acids is 1. The Balaban J connectivity index is 0. The van der Waals surface area contributed by atoms with Crippen LogP contribution in [0.2, 0.25) is 0 Å². The summed E-state index contributed by atoms with van der Waals surface area (Å²) >= 11 is 0. The van der Waals surface area contributed by atoms with Crippen molar-refractivity contribution in [3.63, 3.8) is 0 Å². The summed E-state index contributed by atoms with van der Waals surface area (Å²) in [7, 11) is 1.78. The number of likely N-dealkylation sites (N-methyl/N-ethyl adjacent to an activating group) is 1. The molecule has 106 valence electrons. The average molecular weight is 262 g/mol. The highest BCUT2D eigenvalue weighted by molar-refractivity contribution is 5.86. The molecule has 0 radical (unpaired) electrons. The molecule has 0 spiro atoms. The molecular weight excluding hydrogens is 240 g/mol. The van der Waals surface area contributed by atoms with Crippen molar-refractivity contribution in [3.8, 4) is 0 Å². The number of carboxylic acids is 1. The largest absolute Gasteiger partial charge is 0.870 e. The number of aliphatic hydroxyl groups excluding tert-OH is 1. The second-order valence-corrected chi connectivity index (χ2v) is 4.19. The van der Waals surface area contributed by atoms with Crippen LogP contribution in [0.1, 0.15) is 6.42 Å². The predicted octanol–water partition coefficient (Wildman–Crippen LogP) is -0.975. The highest BCUT2D eigenvalue weighted by Crippen LogP contribution is 2.03. The fourth-order valence-corrected chi connectivity index (χ4v) is 1.58. The number of quaternary nitrogens is 1. The van der Waals surface area contributed by atoms with E-state index in [0.29, 0.717) is 26.1 Å². The van der Waals surface area contributed by atoms with Crippen LogP contribution >= 0.6 is 0 Å². The number of aliphatic hydroxyl groups is 1. The number of carboxylic acid groups (broad SMARTS) is 1. The van der Waals surface area contributed by atoms with Crippen molar-refractivity contribution in [1.82, 2.24) is 5.32 Å². The number of nitrogens with zero attached hydrogens (tertiary/aromatic N) is 1. The standard InChI is InChI=1S/C11H20N2O4.H2O/c1-3-10(15)12-5-4-6-13(2,7-8-14)9-11(16)17;/h3,14H,1,4-9H2,2H3,(H-,12,15,16,17);1H2. The number of hydrogen-bond acceptors (Lipinski definition) is 4. The van der Waals surface area contributed by atoms with Gasteiger partial charge in [-0.05, 0) is 6.08 Å². The van der Waals surface area contributed by atoms with Crippen LogP contribution < -0.4 is 5.32 Å². The van der Waals surface area contributed by atoms with Crippen molar-refractivity contribution in [3.05, 3.63) is 12.7 Å². The van der Waals surface area contributed by atoms with Gasteiger partial charge in [-0.25, -0.2) is 4.79 Å². The van der Waals surface area contributed by atoms with Crippen molar-refractivity contribution < 1.29 is 29.8 Å². The van der Waals surface area contributed by atoms with Crippen molar-refractivity contribution in [2.75, 3.05) is 39.8 Å². The normalized spacial score (nSPS) is 13.0. The van der Waals surface area contributed by atoms with Crippen LogP contribution in [0.5, 0.6) is 0 Å². The predicted molar refractivity (Wildman–Crippen MR) is 65.3 cm³/mol. The Hall–Kier alpha value is -1.44. The summed E-state index contributed by atoms with van der Waals surface area (Å²) in [6.07, 6.45) is 1.85. The maximum Gasteiger partial charge on any atom is 0.359 e. The van der Waals surface area contributed by atoms with E-state index in [1.165, 1.54) is 6.08 Å². The van der Waals surface area contributed by atoms with Crippen LogP contribution in [0.15, 0.2) is 12.7 Å². The fourth-order valence-electron chi connectivity index (χ4n) is 1.58. The lowest BCUT2D eigenvalue weighted by atomic mass is 10.3. The molecule has 0 aliphatic heterocycles. The van der Waals surface area contributed by atoms with E-state index in [2.05, 4.69) is 11.9 Å². The van der Waals surface area contributed by atoms with Crippen LogP contribution in [-0.2, 0) is 9.59 Å². The number of carbonyl (C=O) groups excluding carboxylic acids is 1. The zero-order chi connectivity index (χ0) is 13.3. The molecular formula is C11H22N2O5. The van der Waals surface area contributed by atoms with Gasteiger partial charge in [0.05, 0.1) is 20.2 Å². The lowest BCUT2D eigenvalue weighted by Crippen LogP contribution is -2.50. The summed E-state index contributed by atoms with van der Waals surface area (Å²) in [6, 6.07) is 0. The summed E-state index contributed by atoms with van der Waals surface area (Å²) in [5.74, 6) is -1.13. The van der Waals surface area contributed by atoms with Crippen molar-refractivity contribution in [1.29, 1.82) is 0 Å². The van der Waals surface area contributed by atoms with Crippen LogP contribution in [0.3, 0.4) is 0 Å². The van der Waals surface area contributed by atoms with Gasteiger partial charge >= 0.3 is 5.97 Å². The van der Waals surface area contributed by atoms with Gasteiger partial charge in [-0.1, -0.05) is 6.58 Å². The second kappa shape index (κ2) is 9.58. The Bertz CT molecular complexity index is 283. The van der Waals surface area contributed by atoms with E-state index in [-0.39, 0.29) is 29.0 Å². The van der Waals surface area contributed by atoms with E-state index in [9.17, 15) is 9.59 Å². The van der Waals surface area contributed by atoms with E-state index >= 15 is 0 Å². The molecule has 0 aromatic carbocycles. The number of rotatable bonds is 9. The van der Waals surface area contributed by atoms with Crippen molar-refractivity contribution in [2.24, 2.45) is 0 Å². The first-order valence-corrected chi connectivity index (χ1v) is 5.50. The Labute approximate surface area is 107 Å². The van der Waals surface area contributed by atoms with Gasteiger partial charge in [0.15, 0.2) is 6.54 Å². The van der Waals surface area contributed by atoms with Gasteiger partial charge < -0.3 is 25.5 Å². The van der Waals surface area contributed by atoms with Crippen LogP contribution in [-0.4, -0.2) is 71.9 Å². The van der Waals surface area contributed by atoms with E-state index in [1.807, 2.05) is 0 Å². The Morgan fingerprint density at radius 1 is 1.39 bits per heavy atom. The fraction of sp³-hybridized carbons (Fsp3) is 0.636. The van der Waals surface area contributed by atoms with Gasteiger partial charge in [-0.15, -0.1) is 0 Å². The summed E-state index contributed by atoms with van der Waals surface area (Å²) in [5, 5.41) is 20.3. The van der Waals surface area contributed by atoms with Gasteiger partial charge in [-0.2, -0.15) is 0 Å². The maximum absolute atomic E-state index is 10.9. The lowest BCUT2D eigenvalue weighted by Gasteiger charge is -2.32. The average Bonchev–Trinajstić information content (AvgIpc) is 2.23. The third-order valence-electron chi connectivity index (χ3n) is 2.52. The zero-order valence-corrected chi connectivity index (χ0v) is 10.6. The Kier molecular flexibility index (Phi) is 10.1. The monoisotopic (exact) mass is 262 g/mol. The quantitative estimate of drug-likeness (QED) is 0.281. The molecule has 0 aliphatic rings. The van der Waals surface area contributed by atoms with Gasteiger partial charge in [0.1, 0.15) is 6.54 Å². The number of nitrogens with one attached hydrogen (secondary N) is 1. The molecule has 0 saturated heterocycles. The molecule has 0 bridgehead atoms. The van der Waals surface area contributed by atoms with Crippen LogP contribution in [0.25, 0.3) is 0 Å². The minimum Gasteiger partial charge on any atom is -0.870 e. The van der Waals surface area contributed by atoms with E-state index in [1.54, 1.807) is 7.05 Å². The zero-order valence-electron chi connectivity index (χ0n) is 10.6. The summed E-state index contributed by atoms with van der Waals surface area (Å²) < 4.78 is 0.260. The van der Waals surface area contributed by atoms with Crippen molar-refractivity contribution >= 4 is 11.9 Å². The molecule has 0 rings (SSSR count). The van der Waals surface area contributed by atoms with E-state index in [4.69, 9.17) is 10.2 Å². The molecule has 0 aromatic heterocycles. The number of hydrogen-bond donors (Lipinski definition) is 3. The smallest absolute Gasteiger partial charge is 0.359 e. The molecule has 0 fully saturated rings. The third-order valence-corrected chi connectivity index (χ3v) is 2.52. The van der Waals surface area contributed by atoms with E-state index in [0.717, 1.165) is 0 Å². The summed E-state index contributed by atoms with van der Waals surface area (Å²) in [4.78, 5) is 21.6. The van der Waals surface area contributed by atoms with Gasteiger partial charge in [0, 0.05) is 13.0 Å². The Morgan fingerprint density at radius 2 is 2.00 bits per heavy atom. The summed E-state index contributed by atoms with van der Waals surface area (Å²) in [5.41, 5.74) is 0. The molecule has 0 saturated carbocycles. The molecule has 0 heterocycles. The molecule has 18 heavy (non-hydrogen) atoms. The molecule has 7 nitrogen and oxygen atoms in total. The molecule has 0 aromatic rings. The molecule has 4 N–H and O–H groups in total. The first kappa shape index (κ1) is 18.9. The minimum absolute atomic E-state index is 0. The second-order valence-electron chi connectivity index (χ2n) is 4.19. The van der Waals surface area contributed by atoms with Gasteiger partial charge in [-0.3, -0.25) is 4.79 Å². The van der Waals surface area contributed by atoms with Crippen molar-refractivity contribution in [2.45, 2.75) is 6.42 Å². The topological polar surface area (TPSA) is 117 Å². The SMILES string of the molecule is C=CC(=O)NCCC[N+](C)(CCO)CC(=O)O.[OH-]. The van der Waals surface area contributed by atoms with Gasteiger partial charge in [0.25, 0.3) is 0 Å². The third kappa shape index (κ3) is 8.68. The molecule has 1 atom stereocenters. The molecule has 1 unspecified atom stereocenters. The maximum atomic E-state index is 10.9. The minimum atomic E-state index is -0.893. The molecule has 0 aliphatic carbocycles. The van der Waals surface area contributed by atoms with Crippen LogP contribution in [0, 0.1) is 0 Å². The highest BCUT2D eigenvalue weighted by atomic mass is 16.4. The molecule has 7 heteroatoms. The lowest BCUT2D eigenvalue weighted by molar-refractivity contribution is -0.902. The van der Waals surface area contributed by atoms with E-state index < -0.39 is 5.97 Å². The Morgan fingerprint density at radius 3 is 2.44 bits per heavy atom.